The minimum atomic E-state index is -0.246. The number of amides is 1. The maximum Gasteiger partial charge on any atom is 0.273 e. The number of hydrazine groups is 2. The molecular weight excluding hydrogens is 382 g/mol. The molecule has 0 unspecified atom stereocenters. The molecular formula is C21H21N7O2. The van der Waals surface area contributed by atoms with E-state index in [9.17, 15) is 4.79 Å². The number of pyridine rings is 1. The van der Waals surface area contributed by atoms with E-state index in [-0.39, 0.29) is 5.91 Å². The number of aromatic amines is 1. The molecule has 4 aromatic rings. The smallest absolute Gasteiger partial charge is 0.273 e. The van der Waals surface area contributed by atoms with Crippen molar-refractivity contribution in [2.45, 2.75) is 0 Å². The molecule has 0 aliphatic heterocycles. The van der Waals surface area contributed by atoms with Crippen LogP contribution in [0.2, 0.25) is 0 Å². The van der Waals surface area contributed by atoms with Crippen LogP contribution in [0.4, 0.5) is 5.95 Å². The molecule has 0 aliphatic carbocycles. The third-order valence-corrected chi connectivity index (χ3v) is 4.67. The summed E-state index contributed by atoms with van der Waals surface area (Å²) in [7, 11) is 4.91. The van der Waals surface area contributed by atoms with Gasteiger partial charge in [-0.3, -0.25) is 9.78 Å². The number of anilines is 1. The van der Waals surface area contributed by atoms with Crippen molar-refractivity contribution in [3.05, 3.63) is 66.6 Å². The second-order valence-electron chi connectivity index (χ2n) is 6.44. The summed E-state index contributed by atoms with van der Waals surface area (Å²) in [6, 6.07) is 12.7. The molecule has 2 N–H and O–H groups in total. The predicted molar refractivity (Wildman–Crippen MR) is 114 cm³/mol. The van der Waals surface area contributed by atoms with Crippen LogP contribution in [0.15, 0.2) is 61.1 Å². The van der Waals surface area contributed by atoms with Crippen molar-refractivity contribution in [1.29, 1.82) is 0 Å². The Kier molecular flexibility index (Phi) is 5.27. The van der Waals surface area contributed by atoms with Gasteiger partial charge in [-0.2, -0.15) is 10.1 Å². The number of H-pyrrole nitrogens is 1. The zero-order valence-electron chi connectivity index (χ0n) is 16.8. The molecule has 0 atom stereocenters. The first-order valence-electron chi connectivity index (χ1n) is 9.27. The summed E-state index contributed by atoms with van der Waals surface area (Å²) in [6.07, 6.45) is 5.23. The van der Waals surface area contributed by atoms with Crippen LogP contribution in [-0.4, -0.2) is 52.1 Å². The number of benzene rings is 1. The maximum absolute atomic E-state index is 13.1. The molecule has 0 aliphatic rings. The lowest BCUT2D eigenvalue weighted by Gasteiger charge is -2.30. The van der Waals surface area contributed by atoms with Crippen molar-refractivity contribution < 1.29 is 9.53 Å². The fraction of sp³-hybridized carbons (Fsp3) is 0.143. The number of methoxy groups -OCH3 is 1. The van der Waals surface area contributed by atoms with Gasteiger partial charge in [-0.25, -0.2) is 15.4 Å². The van der Waals surface area contributed by atoms with E-state index in [0.717, 1.165) is 16.6 Å². The molecule has 0 bridgehead atoms. The summed E-state index contributed by atoms with van der Waals surface area (Å²) in [4.78, 5) is 29.6. The van der Waals surface area contributed by atoms with E-state index in [1.165, 1.54) is 10.1 Å². The van der Waals surface area contributed by atoms with Crippen molar-refractivity contribution >= 4 is 22.9 Å². The molecule has 0 spiro atoms. The van der Waals surface area contributed by atoms with Crippen LogP contribution in [0.3, 0.4) is 0 Å². The Hall–Kier alpha value is -3.98. The van der Waals surface area contributed by atoms with E-state index in [1.54, 1.807) is 57.9 Å². The zero-order valence-corrected chi connectivity index (χ0v) is 16.8. The number of hydrogen-bond donors (Lipinski definition) is 2. The fourth-order valence-electron chi connectivity index (χ4n) is 3.17. The molecule has 30 heavy (non-hydrogen) atoms. The third kappa shape index (κ3) is 3.53. The fourth-order valence-corrected chi connectivity index (χ4v) is 3.17. The van der Waals surface area contributed by atoms with Gasteiger partial charge in [-0.15, -0.1) is 0 Å². The van der Waals surface area contributed by atoms with Gasteiger partial charge in [0.15, 0.2) is 0 Å². The van der Waals surface area contributed by atoms with E-state index in [2.05, 4.69) is 20.4 Å². The van der Waals surface area contributed by atoms with Crippen molar-refractivity contribution in [3.63, 3.8) is 0 Å². The van der Waals surface area contributed by atoms with Crippen molar-refractivity contribution in [2.75, 3.05) is 26.3 Å². The zero-order chi connectivity index (χ0) is 21.1. The molecule has 1 amide bonds. The summed E-state index contributed by atoms with van der Waals surface area (Å²) >= 11 is 0. The van der Waals surface area contributed by atoms with Crippen LogP contribution in [0.1, 0.15) is 10.4 Å². The van der Waals surface area contributed by atoms with Crippen molar-refractivity contribution in [2.24, 2.45) is 0 Å². The molecule has 0 saturated heterocycles. The van der Waals surface area contributed by atoms with Crippen molar-refractivity contribution in [1.82, 2.24) is 30.4 Å². The van der Waals surface area contributed by atoms with E-state index in [4.69, 9.17) is 9.72 Å². The minimum Gasteiger partial charge on any atom is -0.497 e. The molecule has 152 valence electrons. The first-order valence-corrected chi connectivity index (χ1v) is 9.27. The number of hydrogen-bond acceptors (Lipinski definition) is 7. The van der Waals surface area contributed by atoms with Gasteiger partial charge in [0.2, 0.25) is 0 Å². The normalized spacial score (nSPS) is 10.8. The summed E-state index contributed by atoms with van der Waals surface area (Å²) < 4.78 is 5.23. The molecule has 1 aromatic carbocycles. The van der Waals surface area contributed by atoms with E-state index in [1.807, 2.05) is 24.4 Å². The Labute approximate surface area is 173 Å². The minimum absolute atomic E-state index is 0.246. The number of nitrogens with zero attached hydrogens (tertiary/aromatic N) is 5. The van der Waals surface area contributed by atoms with Gasteiger partial charge in [-0.05, 0) is 36.4 Å². The molecule has 0 fully saturated rings. The Morgan fingerprint density at radius 1 is 1.13 bits per heavy atom. The first-order chi connectivity index (χ1) is 14.6. The lowest BCUT2D eigenvalue weighted by molar-refractivity contribution is 0.0758. The van der Waals surface area contributed by atoms with Crippen molar-refractivity contribution in [3.8, 4) is 17.0 Å². The molecule has 4 rings (SSSR count). The predicted octanol–water partition coefficient (Wildman–Crippen LogP) is 2.66. The largest absolute Gasteiger partial charge is 0.497 e. The van der Waals surface area contributed by atoms with Gasteiger partial charge < -0.3 is 9.72 Å². The molecule has 9 nitrogen and oxygen atoms in total. The lowest BCUT2D eigenvalue weighted by atomic mass is 10.1. The number of carbonyl (C=O) groups is 1. The number of fused-ring (bicyclic) bond motifs is 1. The Bertz CT molecular complexity index is 1180. The highest BCUT2D eigenvalue weighted by Gasteiger charge is 2.23. The molecule has 0 radical (unpaired) electrons. The number of carbonyl (C=O) groups excluding carboxylic acids is 1. The Morgan fingerprint density at radius 2 is 1.93 bits per heavy atom. The quantitative estimate of drug-likeness (QED) is 0.478. The van der Waals surface area contributed by atoms with Crippen LogP contribution in [-0.2, 0) is 0 Å². The maximum atomic E-state index is 13.1. The molecule has 3 aromatic heterocycles. The number of rotatable bonds is 6. The average Bonchev–Trinajstić information content (AvgIpc) is 3.28. The number of ether oxygens (including phenoxy) is 1. The Morgan fingerprint density at radius 3 is 2.67 bits per heavy atom. The highest BCUT2D eigenvalue weighted by molar-refractivity contribution is 5.95. The van der Waals surface area contributed by atoms with E-state index in [0.29, 0.717) is 22.9 Å². The SMILES string of the molecule is CNN(c1nc(-c2ccncc2)c2cc[nH]c2n1)N(C)C(=O)c1cccc(OC)c1. The number of aromatic nitrogens is 4. The van der Waals surface area contributed by atoms with Crippen LogP contribution in [0.5, 0.6) is 5.75 Å². The third-order valence-electron chi connectivity index (χ3n) is 4.67. The van der Waals surface area contributed by atoms with Gasteiger partial charge in [0.25, 0.3) is 11.9 Å². The molecule has 0 saturated carbocycles. The second kappa shape index (κ2) is 8.18. The van der Waals surface area contributed by atoms with Gasteiger partial charge in [-0.1, -0.05) is 6.07 Å². The highest BCUT2D eigenvalue weighted by Crippen LogP contribution is 2.27. The van der Waals surface area contributed by atoms with E-state index >= 15 is 0 Å². The lowest BCUT2D eigenvalue weighted by Crippen LogP contribution is -2.51. The van der Waals surface area contributed by atoms with Gasteiger partial charge in [0, 0.05) is 49.2 Å². The van der Waals surface area contributed by atoms with Crippen LogP contribution < -0.4 is 15.3 Å². The summed E-state index contributed by atoms with van der Waals surface area (Å²) in [5.74, 6) is 0.677. The summed E-state index contributed by atoms with van der Waals surface area (Å²) in [5.41, 5.74) is 5.77. The van der Waals surface area contributed by atoms with Gasteiger partial charge in [0.1, 0.15) is 11.4 Å². The molecule has 3 heterocycles. The average molecular weight is 403 g/mol. The second-order valence-corrected chi connectivity index (χ2v) is 6.44. The van der Waals surface area contributed by atoms with Crippen LogP contribution >= 0.6 is 0 Å². The standard InChI is InChI=1S/C21H21N7O2/c1-22-28(27(2)20(29)15-5-4-6-16(13-15)30-3)21-25-18(14-7-10-23-11-8-14)17-9-12-24-19(17)26-21/h4-13,22H,1-3H3,(H,24,25,26). The first kappa shape index (κ1) is 19.3. The topological polar surface area (TPSA) is 99.3 Å². The monoisotopic (exact) mass is 403 g/mol. The van der Waals surface area contributed by atoms with Gasteiger partial charge >= 0.3 is 0 Å². The molecule has 9 heteroatoms. The Balaban J connectivity index is 1.75. The number of nitrogens with one attached hydrogen (secondary N) is 2. The van der Waals surface area contributed by atoms with E-state index < -0.39 is 0 Å². The summed E-state index contributed by atoms with van der Waals surface area (Å²) in [5, 5.41) is 3.78. The van der Waals surface area contributed by atoms with Crippen LogP contribution in [0.25, 0.3) is 22.3 Å². The van der Waals surface area contributed by atoms with Gasteiger partial charge in [0.05, 0.1) is 12.8 Å². The highest BCUT2D eigenvalue weighted by atomic mass is 16.5. The van der Waals surface area contributed by atoms with Crippen LogP contribution in [0, 0.1) is 0 Å². The summed E-state index contributed by atoms with van der Waals surface area (Å²) in [6.45, 7) is 0.